The molecule has 2 heterocycles. The second-order valence-electron chi connectivity index (χ2n) is 14.4. The summed E-state index contributed by atoms with van der Waals surface area (Å²) in [6.07, 6.45) is 7.06. The molecule has 0 bridgehead atoms. The van der Waals surface area contributed by atoms with Crippen LogP contribution in [0.3, 0.4) is 0 Å². The molecule has 67 heavy (non-hydrogen) atoms. The number of hydrogen-bond acceptors (Lipinski definition) is 11. The van der Waals surface area contributed by atoms with Crippen molar-refractivity contribution in [1.29, 1.82) is 10.5 Å². The number of nitrogens with one attached hydrogen (secondary N) is 1. The zero-order chi connectivity index (χ0) is 48.9. The predicted molar refractivity (Wildman–Crippen MR) is 276 cm³/mol. The minimum Gasteiger partial charge on any atom is -0.395 e. The van der Waals surface area contributed by atoms with Gasteiger partial charge in [-0.05, 0) is 116 Å². The van der Waals surface area contributed by atoms with Crippen molar-refractivity contribution in [2.45, 2.75) is 46.9 Å². The van der Waals surface area contributed by atoms with Crippen LogP contribution >= 0.6 is 10.7 Å². The van der Waals surface area contributed by atoms with Gasteiger partial charge in [-0.15, -0.1) is 0 Å². The molecule has 3 aromatic carbocycles. The number of anilines is 2. The van der Waals surface area contributed by atoms with Crippen molar-refractivity contribution in [3.05, 3.63) is 171 Å². The Balaban J connectivity index is 0.000000505. The molecule has 5 rings (SSSR count). The van der Waals surface area contributed by atoms with Gasteiger partial charge in [0.05, 0.1) is 47.9 Å². The number of hydrogen-bond donors (Lipinski definition) is 2. The Morgan fingerprint density at radius 3 is 1.42 bits per heavy atom. The minimum absolute atomic E-state index is 0. The minimum atomic E-state index is -3.55. The summed E-state index contributed by atoms with van der Waals surface area (Å²) < 4.78 is 21.4. The van der Waals surface area contributed by atoms with Crippen molar-refractivity contribution in [3.8, 4) is 12.1 Å². The van der Waals surface area contributed by atoms with E-state index in [0.717, 1.165) is 78.7 Å². The van der Waals surface area contributed by atoms with Crippen LogP contribution in [0.4, 0.5) is 11.6 Å². The molecule has 0 saturated heterocycles. The molecule has 2 N–H and O–H groups in total. The van der Waals surface area contributed by atoms with Crippen LogP contribution in [0.25, 0.3) is 33.2 Å². The molecular formula is C52H63ClN10O3S. The Morgan fingerprint density at radius 2 is 1.12 bits per heavy atom. The quantitative estimate of drug-likeness (QED) is 0.0717. The van der Waals surface area contributed by atoms with E-state index in [-0.39, 0.29) is 18.9 Å². The van der Waals surface area contributed by atoms with E-state index >= 15 is 0 Å². The van der Waals surface area contributed by atoms with Gasteiger partial charge in [-0.25, -0.2) is 28.1 Å². The highest BCUT2D eigenvalue weighted by Gasteiger charge is 2.09. The topological polar surface area (TPSA) is 158 Å². The summed E-state index contributed by atoms with van der Waals surface area (Å²) >= 11 is 0. The van der Waals surface area contributed by atoms with Crippen LogP contribution in [0.1, 0.15) is 74.1 Å². The average molecular weight is 944 g/mol. The third-order valence-electron chi connectivity index (χ3n) is 9.67. The molecule has 0 aliphatic rings. The van der Waals surface area contributed by atoms with Gasteiger partial charge in [0.1, 0.15) is 11.6 Å². The van der Waals surface area contributed by atoms with E-state index in [1.807, 2.05) is 56.3 Å². The van der Waals surface area contributed by atoms with Crippen LogP contribution in [-0.4, -0.2) is 94.9 Å². The van der Waals surface area contributed by atoms with E-state index in [1.165, 1.54) is 12.1 Å². The van der Waals surface area contributed by atoms with Crippen LogP contribution < -0.4 is 15.1 Å². The van der Waals surface area contributed by atoms with Gasteiger partial charge in [0.15, 0.2) is 11.4 Å². The van der Waals surface area contributed by atoms with Crippen molar-refractivity contribution >= 4 is 54.9 Å². The summed E-state index contributed by atoms with van der Waals surface area (Å²) in [4.78, 5) is 22.6. The van der Waals surface area contributed by atoms with Crippen molar-refractivity contribution in [3.63, 3.8) is 0 Å². The maximum atomic E-state index is 10.7. The van der Waals surface area contributed by atoms with Gasteiger partial charge in [0.25, 0.3) is 9.05 Å². The van der Waals surface area contributed by atoms with Crippen molar-refractivity contribution in [1.82, 2.24) is 20.2 Å². The number of aliphatic hydroxyl groups excluding tert-OH is 1. The number of aliphatic hydroxyl groups is 1. The molecule has 15 heteroatoms. The first-order valence-corrected chi connectivity index (χ1v) is 23.6. The van der Waals surface area contributed by atoms with Crippen LogP contribution in [0.2, 0.25) is 0 Å². The predicted octanol–water partition coefficient (Wildman–Crippen LogP) is 10.1. The van der Waals surface area contributed by atoms with Crippen LogP contribution in [0, 0.1) is 42.7 Å². The highest BCUT2D eigenvalue weighted by atomic mass is 35.7. The molecule has 0 unspecified atom stereocenters. The van der Waals surface area contributed by atoms with Gasteiger partial charge in [-0.2, -0.15) is 10.5 Å². The molecule has 0 atom stereocenters. The van der Waals surface area contributed by atoms with Gasteiger partial charge < -0.3 is 25.1 Å². The molecule has 0 radical (unpaired) electrons. The van der Waals surface area contributed by atoms with Crippen LogP contribution in [0.5, 0.6) is 0 Å². The molecule has 0 spiro atoms. The largest absolute Gasteiger partial charge is 0.395 e. The van der Waals surface area contributed by atoms with Gasteiger partial charge in [-0.3, -0.25) is 0 Å². The van der Waals surface area contributed by atoms with Gasteiger partial charge in [0.2, 0.25) is 0 Å². The molecule has 0 aliphatic carbocycles. The Labute approximate surface area is 404 Å². The molecule has 352 valence electrons. The number of halogens is 1. The number of nitrogens with zero attached hydrogens (tertiary/aromatic N) is 9. The molecule has 0 saturated carbocycles. The lowest BCUT2D eigenvalue weighted by Crippen LogP contribution is -2.33. The van der Waals surface area contributed by atoms with Crippen molar-refractivity contribution in [2.75, 3.05) is 76.3 Å². The monoisotopic (exact) mass is 942 g/mol. The van der Waals surface area contributed by atoms with Gasteiger partial charge in [-0.1, -0.05) is 89.2 Å². The normalized spacial score (nSPS) is 10.7. The van der Waals surface area contributed by atoms with Gasteiger partial charge in [0, 0.05) is 56.8 Å². The molecule has 5 aromatic rings. The van der Waals surface area contributed by atoms with Crippen LogP contribution in [0.15, 0.2) is 114 Å². The fourth-order valence-electron chi connectivity index (χ4n) is 5.69. The van der Waals surface area contributed by atoms with E-state index in [1.54, 1.807) is 79.1 Å². The Hall–Kier alpha value is -6.88. The first-order chi connectivity index (χ1) is 31.7. The van der Waals surface area contributed by atoms with Crippen molar-refractivity contribution < 1.29 is 13.5 Å². The maximum Gasteiger partial charge on any atom is 0.261 e. The third kappa shape index (κ3) is 21.3. The summed E-state index contributed by atoms with van der Waals surface area (Å²) in [5, 5.41) is 29.7. The third-order valence-corrected chi connectivity index (χ3v) is 11.0. The molecule has 0 fully saturated rings. The zero-order valence-electron chi connectivity index (χ0n) is 38.8. The summed E-state index contributed by atoms with van der Waals surface area (Å²) in [6.45, 7) is 32.0. The molecular weight excluding hydrogens is 880 g/mol. The van der Waals surface area contributed by atoms with E-state index in [2.05, 4.69) is 74.6 Å². The standard InChI is InChI=1S/C22H25N5.C18H16N4O.C7H7ClO2S.C4H11N.CH4/c1-5-27(6-2)14-13-26(4)22-12-9-19(17-25-22)15-21(24-3)20-10-7-18(16-23)8-11-20;1-20-17(16-6-3-14(12-19)4-7-16)11-15-5-8-18(21-13-15)22(2)9-10-23;1-6-2-4-7(5-3-6)11(8,9)10;1-3-5-4-2;/h7-12,15,17H,5-6,13-14H2,1-2,4H3;3-8,11,13,23H,9-10H2,2H3;2-5H,1H3;5H,3-4H2,1-2H3;1H4/b21-15-;17-11-;;;. The lowest BCUT2D eigenvalue weighted by atomic mass is 10.1. The van der Waals surface area contributed by atoms with E-state index < -0.39 is 9.05 Å². The van der Waals surface area contributed by atoms with E-state index in [0.29, 0.717) is 29.1 Å². The lowest BCUT2D eigenvalue weighted by molar-refractivity contribution is 0.304. The Morgan fingerprint density at radius 1 is 0.701 bits per heavy atom. The Bertz CT molecular complexity index is 2550. The summed E-state index contributed by atoms with van der Waals surface area (Å²) in [7, 11) is 5.44. The molecule has 0 aliphatic heterocycles. The van der Waals surface area contributed by atoms with Crippen LogP contribution in [-0.2, 0) is 9.05 Å². The fraction of sp³-hybridized carbons (Fsp3) is 0.308. The summed E-state index contributed by atoms with van der Waals surface area (Å²) in [5.41, 5.74) is 6.45. The highest BCUT2D eigenvalue weighted by Crippen LogP contribution is 2.23. The molecule has 0 amide bonds. The highest BCUT2D eigenvalue weighted by molar-refractivity contribution is 8.13. The lowest BCUT2D eigenvalue weighted by Gasteiger charge is -2.23. The first-order valence-electron chi connectivity index (χ1n) is 21.3. The second-order valence-corrected chi connectivity index (χ2v) is 16.9. The summed E-state index contributed by atoms with van der Waals surface area (Å²) in [6, 6.07) is 32.2. The number of likely N-dealkylation sites (N-methyl/N-ethyl adjacent to an activating group) is 3. The number of benzene rings is 3. The number of pyridine rings is 2. The number of rotatable bonds is 16. The maximum absolute atomic E-state index is 10.7. The number of nitriles is 2. The first kappa shape index (κ1) is 58.1. The fourth-order valence-corrected chi connectivity index (χ4v) is 6.46. The number of aryl methyl sites for hydroxylation is 1. The summed E-state index contributed by atoms with van der Waals surface area (Å²) in [5.74, 6) is 1.68. The Kier molecular flexibility index (Phi) is 27.7. The smallest absolute Gasteiger partial charge is 0.261 e. The average Bonchev–Trinajstić information content (AvgIpc) is 3.34. The molecule has 13 nitrogen and oxygen atoms in total. The second kappa shape index (κ2) is 31.9. The van der Waals surface area contributed by atoms with E-state index in [4.69, 9.17) is 39.5 Å². The molecule has 2 aromatic heterocycles. The SMILES string of the molecule is C.CCNCC.Cc1ccc(S(=O)(=O)Cl)cc1.[C-]#[N+]/C(=C\c1ccc(N(C)CCN(CC)CC)nc1)c1ccc(C#N)cc1.[C-]#[N+]/C(=C\c1ccc(N(C)CCO)nc1)c1ccc(C#N)cc1. The van der Waals surface area contributed by atoms with Crippen molar-refractivity contribution in [2.24, 2.45) is 0 Å². The van der Waals surface area contributed by atoms with E-state index in [9.17, 15) is 8.42 Å². The van der Waals surface area contributed by atoms with Gasteiger partial charge >= 0.3 is 0 Å². The zero-order valence-corrected chi connectivity index (χ0v) is 40.4. The number of aromatic nitrogens is 2.